The molecule has 64 valence electrons. The predicted molar refractivity (Wildman–Crippen MR) is 39.3 cm³/mol. The van der Waals surface area contributed by atoms with Gasteiger partial charge in [0.05, 0.1) is 12.6 Å². The van der Waals surface area contributed by atoms with Crippen LogP contribution in [-0.2, 0) is 4.84 Å². The van der Waals surface area contributed by atoms with E-state index in [1.807, 2.05) is 0 Å². The Balaban J connectivity index is 2.32. The van der Waals surface area contributed by atoms with Gasteiger partial charge in [-0.3, -0.25) is 0 Å². The molecule has 0 radical (unpaired) electrons. The van der Waals surface area contributed by atoms with Gasteiger partial charge in [0, 0.05) is 6.54 Å². The van der Waals surface area contributed by atoms with Crippen LogP contribution in [0.25, 0.3) is 0 Å². The lowest BCUT2D eigenvalue weighted by Crippen LogP contribution is -2.41. The van der Waals surface area contributed by atoms with Crippen LogP contribution in [-0.4, -0.2) is 41.9 Å². The molecule has 5 N–H and O–H groups in total. The first-order chi connectivity index (χ1) is 5.24. The fraction of sp³-hybridized carbons (Fsp3) is 0.800. The lowest BCUT2D eigenvalue weighted by molar-refractivity contribution is 0.0784. The highest BCUT2D eigenvalue weighted by atomic mass is 16.7. The van der Waals surface area contributed by atoms with Crippen molar-refractivity contribution in [3.8, 4) is 0 Å². The highest BCUT2D eigenvalue weighted by Gasteiger charge is 2.17. The normalized spacial score (nSPS) is 19.5. The van der Waals surface area contributed by atoms with Crippen LogP contribution in [0.4, 0.5) is 0 Å². The largest absolute Gasteiger partial charge is 0.390 e. The van der Waals surface area contributed by atoms with Crippen molar-refractivity contribution >= 4 is 5.96 Å². The van der Waals surface area contributed by atoms with E-state index in [4.69, 9.17) is 16.6 Å². The molecule has 1 heterocycles. The standard InChI is InChI=1S/C5H12N4O2/c6-1-4(10)2-9-3-11-8-5(9)7/h4,10H,1-3,6H2,(H2,7,8). The van der Waals surface area contributed by atoms with E-state index in [1.54, 1.807) is 4.90 Å². The van der Waals surface area contributed by atoms with Crippen molar-refractivity contribution in [1.29, 1.82) is 0 Å². The van der Waals surface area contributed by atoms with Crippen molar-refractivity contribution in [3.63, 3.8) is 0 Å². The van der Waals surface area contributed by atoms with Gasteiger partial charge in [0.2, 0.25) is 5.96 Å². The van der Waals surface area contributed by atoms with Crippen molar-refractivity contribution in [2.24, 2.45) is 16.6 Å². The van der Waals surface area contributed by atoms with Gasteiger partial charge in [-0.25, -0.2) is 0 Å². The van der Waals surface area contributed by atoms with Gasteiger partial charge in [0.25, 0.3) is 0 Å². The minimum Gasteiger partial charge on any atom is -0.390 e. The molecule has 0 fully saturated rings. The van der Waals surface area contributed by atoms with Crippen molar-refractivity contribution in [2.75, 3.05) is 19.8 Å². The topological polar surface area (TPSA) is 97.1 Å². The number of rotatable bonds is 3. The summed E-state index contributed by atoms with van der Waals surface area (Å²) in [5, 5.41) is 12.6. The molecule has 11 heavy (non-hydrogen) atoms. The molecular weight excluding hydrogens is 148 g/mol. The maximum absolute atomic E-state index is 9.10. The molecule has 0 aromatic carbocycles. The second kappa shape index (κ2) is 3.40. The summed E-state index contributed by atoms with van der Waals surface area (Å²) in [6.07, 6.45) is -0.578. The van der Waals surface area contributed by atoms with Crippen LogP contribution in [0.2, 0.25) is 0 Å². The lowest BCUT2D eigenvalue weighted by Gasteiger charge is -2.17. The summed E-state index contributed by atoms with van der Waals surface area (Å²) < 4.78 is 0. The number of β-amino-alcohol motifs (C(OH)–C–C–N with tert-alkyl or cyclic N) is 1. The van der Waals surface area contributed by atoms with Gasteiger partial charge >= 0.3 is 0 Å². The molecule has 1 aliphatic heterocycles. The molecule has 0 bridgehead atoms. The minimum absolute atomic E-state index is 0.212. The summed E-state index contributed by atoms with van der Waals surface area (Å²) in [7, 11) is 0. The van der Waals surface area contributed by atoms with Crippen molar-refractivity contribution in [2.45, 2.75) is 6.10 Å². The molecule has 0 aromatic rings. The third kappa shape index (κ3) is 1.95. The summed E-state index contributed by atoms with van der Waals surface area (Å²) in [5.74, 6) is 0.289. The molecule has 6 nitrogen and oxygen atoms in total. The number of nitrogens with two attached hydrogens (primary N) is 2. The molecule has 1 aliphatic rings. The van der Waals surface area contributed by atoms with Crippen LogP contribution in [0.3, 0.4) is 0 Å². The van der Waals surface area contributed by atoms with Gasteiger partial charge < -0.3 is 26.3 Å². The van der Waals surface area contributed by atoms with Crippen LogP contribution in [0, 0.1) is 0 Å². The number of aliphatic hydroxyl groups excluding tert-OH is 1. The van der Waals surface area contributed by atoms with E-state index in [1.165, 1.54) is 0 Å². The molecule has 0 amide bonds. The number of hydrogen-bond donors (Lipinski definition) is 3. The Morgan fingerprint density at radius 3 is 3.00 bits per heavy atom. The summed E-state index contributed by atoms with van der Waals surface area (Å²) in [5.41, 5.74) is 10.6. The summed E-state index contributed by atoms with van der Waals surface area (Å²) >= 11 is 0. The Labute approximate surface area is 64.4 Å². The van der Waals surface area contributed by atoms with Gasteiger partial charge in [-0.15, -0.1) is 0 Å². The summed E-state index contributed by atoms with van der Waals surface area (Å²) in [4.78, 5) is 6.26. The average molecular weight is 160 g/mol. The maximum Gasteiger partial charge on any atom is 0.236 e. The number of guanidine groups is 1. The molecular formula is C5H12N4O2. The first-order valence-electron chi connectivity index (χ1n) is 3.32. The van der Waals surface area contributed by atoms with Gasteiger partial charge in [0.15, 0.2) is 6.73 Å². The zero-order valence-electron chi connectivity index (χ0n) is 6.10. The van der Waals surface area contributed by atoms with E-state index >= 15 is 0 Å². The van der Waals surface area contributed by atoms with E-state index in [0.717, 1.165) is 0 Å². The number of oxime groups is 1. The highest BCUT2D eigenvalue weighted by Crippen LogP contribution is 1.99. The predicted octanol–water partition coefficient (Wildman–Crippen LogP) is -2.17. The Bertz CT molecular complexity index is 161. The quantitative estimate of drug-likeness (QED) is 0.436. The van der Waals surface area contributed by atoms with Crippen LogP contribution in [0.1, 0.15) is 0 Å². The molecule has 6 heteroatoms. The monoisotopic (exact) mass is 160 g/mol. The van der Waals surface area contributed by atoms with E-state index in [-0.39, 0.29) is 12.5 Å². The molecule has 0 saturated carbocycles. The van der Waals surface area contributed by atoms with Crippen LogP contribution < -0.4 is 11.5 Å². The highest BCUT2D eigenvalue weighted by molar-refractivity contribution is 5.78. The lowest BCUT2D eigenvalue weighted by atomic mass is 10.3. The Morgan fingerprint density at radius 1 is 1.82 bits per heavy atom. The third-order valence-corrected chi connectivity index (χ3v) is 1.40. The third-order valence-electron chi connectivity index (χ3n) is 1.40. The first kappa shape index (κ1) is 8.09. The van der Waals surface area contributed by atoms with Crippen LogP contribution in [0.5, 0.6) is 0 Å². The Kier molecular flexibility index (Phi) is 2.50. The van der Waals surface area contributed by atoms with Gasteiger partial charge in [0.1, 0.15) is 0 Å². The van der Waals surface area contributed by atoms with E-state index in [9.17, 15) is 0 Å². The fourth-order valence-corrected chi connectivity index (χ4v) is 0.764. The molecule has 0 aromatic heterocycles. The van der Waals surface area contributed by atoms with Crippen LogP contribution >= 0.6 is 0 Å². The second-order valence-corrected chi connectivity index (χ2v) is 2.32. The zero-order chi connectivity index (χ0) is 8.27. The average Bonchev–Trinajstić information content (AvgIpc) is 2.37. The van der Waals surface area contributed by atoms with E-state index in [2.05, 4.69) is 9.99 Å². The van der Waals surface area contributed by atoms with Crippen molar-refractivity contribution < 1.29 is 9.94 Å². The number of aliphatic hydroxyl groups is 1. The second-order valence-electron chi connectivity index (χ2n) is 2.32. The molecule has 0 saturated heterocycles. The van der Waals surface area contributed by atoms with E-state index < -0.39 is 6.10 Å². The van der Waals surface area contributed by atoms with Crippen molar-refractivity contribution in [1.82, 2.24) is 4.90 Å². The summed E-state index contributed by atoms with van der Waals surface area (Å²) in [6, 6.07) is 0. The van der Waals surface area contributed by atoms with Crippen LogP contribution in [0.15, 0.2) is 5.16 Å². The summed E-state index contributed by atoms with van der Waals surface area (Å²) in [6.45, 7) is 0.874. The fourth-order valence-electron chi connectivity index (χ4n) is 0.764. The van der Waals surface area contributed by atoms with Crippen molar-refractivity contribution in [3.05, 3.63) is 0 Å². The SMILES string of the molecule is NCC(O)CN1CON=C1N. The number of nitrogens with zero attached hydrogens (tertiary/aromatic N) is 2. The Hall–Kier alpha value is -1.01. The smallest absolute Gasteiger partial charge is 0.236 e. The molecule has 1 rings (SSSR count). The zero-order valence-corrected chi connectivity index (χ0v) is 6.10. The van der Waals surface area contributed by atoms with Gasteiger partial charge in [-0.2, -0.15) is 0 Å². The Morgan fingerprint density at radius 2 is 2.55 bits per heavy atom. The maximum atomic E-state index is 9.10. The molecule has 1 atom stereocenters. The van der Waals surface area contributed by atoms with Gasteiger partial charge in [-0.1, -0.05) is 0 Å². The van der Waals surface area contributed by atoms with Gasteiger partial charge in [-0.05, 0) is 5.16 Å². The number of hydrogen-bond acceptors (Lipinski definition) is 6. The van der Waals surface area contributed by atoms with E-state index in [0.29, 0.717) is 13.3 Å². The first-order valence-corrected chi connectivity index (χ1v) is 3.32. The molecule has 0 aliphatic carbocycles. The molecule has 0 spiro atoms. The molecule has 1 unspecified atom stereocenters. The minimum atomic E-state index is -0.578.